The maximum Gasteiger partial charge on any atom is 0.229 e. The highest BCUT2D eigenvalue weighted by molar-refractivity contribution is 7.16. The molecule has 2 aromatic rings. The number of aromatic nitrogens is 1. The van der Waals surface area contributed by atoms with E-state index in [-0.39, 0.29) is 12.3 Å². The van der Waals surface area contributed by atoms with Crippen LogP contribution in [0.1, 0.15) is 6.42 Å². The topological polar surface area (TPSA) is 53.4 Å². The van der Waals surface area contributed by atoms with Gasteiger partial charge in [0, 0.05) is 5.69 Å². The number of rotatable bonds is 1. The molecule has 1 aliphatic heterocycles. The summed E-state index contributed by atoms with van der Waals surface area (Å²) in [7, 11) is 0. The van der Waals surface area contributed by atoms with E-state index in [0.717, 1.165) is 15.9 Å². The minimum Gasteiger partial charge on any atom is -0.391 e. The smallest absolute Gasteiger partial charge is 0.229 e. The van der Waals surface area contributed by atoms with Gasteiger partial charge in [-0.3, -0.25) is 4.79 Å². The van der Waals surface area contributed by atoms with Gasteiger partial charge in [0.15, 0.2) is 0 Å². The molecule has 82 valence electrons. The van der Waals surface area contributed by atoms with E-state index in [1.165, 1.54) is 0 Å². The van der Waals surface area contributed by atoms with Crippen molar-refractivity contribution in [3.8, 4) is 0 Å². The van der Waals surface area contributed by atoms with Crippen molar-refractivity contribution >= 4 is 33.1 Å². The first-order valence-electron chi connectivity index (χ1n) is 5.06. The molecule has 0 aliphatic carbocycles. The third-order valence-electron chi connectivity index (χ3n) is 2.73. The number of aliphatic hydroxyl groups excluding tert-OH is 1. The fraction of sp³-hybridized carbons (Fsp3) is 0.273. The summed E-state index contributed by atoms with van der Waals surface area (Å²) in [4.78, 5) is 17.4. The third-order valence-corrected chi connectivity index (χ3v) is 3.54. The Labute approximate surface area is 96.1 Å². The first kappa shape index (κ1) is 9.74. The number of carbonyl (C=O) groups excluding carboxylic acids is 1. The van der Waals surface area contributed by atoms with Gasteiger partial charge in [0.05, 0.1) is 34.8 Å². The molecule has 1 atom stereocenters. The summed E-state index contributed by atoms with van der Waals surface area (Å²) in [5, 5.41) is 9.43. The van der Waals surface area contributed by atoms with E-state index in [1.54, 1.807) is 21.7 Å². The predicted molar refractivity (Wildman–Crippen MR) is 62.6 cm³/mol. The number of hydrogen-bond acceptors (Lipinski definition) is 4. The van der Waals surface area contributed by atoms with Gasteiger partial charge in [-0.05, 0) is 18.2 Å². The number of hydrogen-bond donors (Lipinski definition) is 1. The summed E-state index contributed by atoms with van der Waals surface area (Å²) in [5.74, 6) is -0.0259. The Bertz CT molecular complexity index is 552. The van der Waals surface area contributed by atoms with Crippen molar-refractivity contribution in [2.75, 3.05) is 11.4 Å². The molecule has 1 aliphatic rings. The minimum absolute atomic E-state index is 0.0259. The molecule has 1 N–H and O–H groups in total. The number of anilines is 1. The molecule has 1 unspecified atom stereocenters. The van der Waals surface area contributed by atoms with Crippen LogP contribution in [-0.2, 0) is 4.79 Å². The molecule has 16 heavy (non-hydrogen) atoms. The number of benzene rings is 1. The van der Waals surface area contributed by atoms with E-state index in [0.29, 0.717) is 6.54 Å². The zero-order valence-electron chi connectivity index (χ0n) is 8.46. The van der Waals surface area contributed by atoms with Crippen LogP contribution in [0.5, 0.6) is 0 Å². The minimum atomic E-state index is -0.543. The van der Waals surface area contributed by atoms with E-state index in [9.17, 15) is 9.90 Å². The molecule has 1 fully saturated rings. The lowest BCUT2D eigenvalue weighted by Gasteiger charge is -2.15. The predicted octanol–water partition coefficient (Wildman–Crippen LogP) is 1.39. The molecule has 1 saturated heterocycles. The number of nitrogens with zero attached hydrogens (tertiary/aromatic N) is 2. The Morgan fingerprint density at radius 2 is 2.38 bits per heavy atom. The lowest BCUT2D eigenvalue weighted by atomic mass is 10.3. The number of carbonyl (C=O) groups is 1. The van der Waals surface area contributed by atoms with Crippen molar-refractivity contribution in [3.05, 3.63) is 23.7 Å². The van der Waals surface area contributed by atoms with Crippen LogP contribution in [0.15, 0.2) is 23.7 Å². The summed E-state index contributed by atoms with van der Waals surface area (Å²) in [5.41, 5.74) is 3.51. The van der Waals surface area contributed by atoms with E-state index in [4.69, 9.17) is 0 Å². The molecule has 0 saturated carbocycles. The van der Waals surface area contributed by atoms with Crippen LogP contribution >= 0.6 is 11.3 Å². The summed E-state index contributed by atoms with van der Waals surface area (Å²) in [6.45, 7) is 0.383. The zero-order chi connectivity index (χ0) is 11.1. The van der Waals surface area contributed by atoms with Gasteiger partial charge in [0.1, 0.15) is 0 Å². The first-order valence-corrected chi connectivity index (χ1v) is 5.94. The second-order valence-corrected chi connectivity index (χ2v) is 4.75. The van der Waals surface area contributed by atoms with Crippen LogP contribution in [-0.4, -0.2) is 28.6 Å². The molecule has 5 heteroatoms. The van der Waals surface area contributed by atoms with Crippen molar-refractivity contribution in [3.63, 3.8) is 0 Å². The standard InChI is InChI=1S/C11H10N2O2S/c14-8-4-11(15)13(5-8)7-1-2-10-9(3-7)12-6-16-10/h1-3,6,8,14H,4-5H2. The van der Waals surface area contributed by atoms with Gasteiger partial charge in [-0.15, -0.1) is 11.3 Å². The average Bonchev–Trinajstić information content (AvgIpc) is 2.83. The molecule has 1 amide bonds. The highest BCUT2D eigenvalue weighted by Gasteiger charge is 2.29. The highest BCUT2D eigenvalue weighted by atomic mass is 32.1. The first-order chi connectivity index (χ1) is 7.74. The maximum atomic E-state index is 11.6. The van der Waals surface area contributed by atoms with Crippen LogP contribution in [0.4, 0.5) is 5.69 Å². The lowest BCUT2D eigenvalue weighted by molar-refractivity contribution is -0.117. The van der Waals surface area contributed by atoms with Gasteiger partial charge in [0.25, 0.3) is 0 Å². The molecule has 0 radical (unpaired) electrons. The summed E-state index contributed by atoms with van der Waals surface area (Å²) in [6, 6.07) is 5.75. The van der Waals surface area contributed by atoms with Gasteiger partial charge in [0.2, 0.25) is 5.91 Å². The van der Waals surface area contributed by atoms with Crippen LogP contribution < -0.4 is 4.90 Å². The maximum absolute atomic E-state index is 11.6. The molecular formula is C11H10N2O2S. The van der Waals surface area contributed by atoms with Crippen molar-refractivity contribution in [2.24, 2.45) is 0 Å². The Hall–Kier alpha value is -1.46. The van der Waals surface area contributed by atoms with Crippen molar-refractivity contribution in [2.45, 2.75) is 12.5 Å². The fourth-order valence-electron chi connectivity index (χ4n) is 1.95. The monoisotopic (exact) mass is 234 g/mol. The summed E-state index contributed by atoms with van der Waals surface area (Å²) in [6.07, 6.45) is -0.326. The van der Waals surface area contributed by atoms with Crippen LogP contribution in [0.3, 0.4) is 0 Å². The van der Waals surface area contributed by atoms with Crippen molar-refractivity contribution in [1.82, 2.24) is 4.98 Å². The summed E-state index contributed by atoms with van der Waals surface area (Å²) < 4.78 is 1.11. The molecule has 1 aromatic carbocycles. The quantitative estimate of drug-likeness (QED) is 0.811. The van der Waals surface area contributed by atoms with Crippen LogP contribution in [0, 0.1) is 0 Å². The zero-order valence-corrected chi connectivity index (χ0v) is 9.28. The van der Waals surface area contributed by atoms with Crippen molar-refractivity contribution < 1.29 is 9.90 Å². The van der Waals surface area contributed by atoms with Gasteiger partial charge >= 0.3 is 0 Å². The molecule has 0 spiro atoms. The number of β-amino-alcohol motifs (C(OH)–C–C–N with tert-alkyl or cyclic N) is 1. The SMILES string of the molecule is O=C1CC(O)CN1c1ccc2scnc2c1. The Morgan fingerprint density at radius 1 is 1.50 bits per heavy atom. The molecule has 3 rings (SSSR count). The van der Waals surface area contributed by atoms with Crippen LogP contribution in [0.2, 0.25) is 0 Å². The van der Waals surface area contributed by atoms with Gasteiger partial charge in [-0.25, -0.2) is 4.98 Å². The average molecular weight is 234 g/mol. The number of fused-ring (bicyclic) bond motifs is 1. The van der Waals surface area contributed by atoms with E-state index in [1.807, 2.05) is 18.2 Å². The van der Waals surface area contributed by atoms with Gasteiger partial charge < -0.3 is 10.0 Å². The second-order valence-electron chi connectivity index (χ2n) is 3.87. The van der Waals surface area contributed by atoms with E-state index >= 15 is 0 Å². The lowest BCUT2D eigenvalue weighted by Crippen LogP contribution is -2.25. The highest BCUT2D eigenvalue weighted by Crippen LogP contribution is 2.26. The Morgan fingerprint density at radius 3 is 3.12 bits per heavy atom. The Kier molecular flexibility index (Phi) is 2.15. The van der Waals surface area contributed by atoms with E-state index < -0.39 is 6.10 Å². The third kappa shape index (κ3) is 1.48. The molecule has 4 nitrogen and oxygen atoms in total. The molecule has 1 aromatic heterocycles. The van der Waals surface area contributed by atoms with Gasteiger partial charge in [-0.1, -0.05) is 0 Å². The van der Waals surface area contributed by atoms with Gasteiger partial charge in [-0.2, -0.15) is 0 Å². The van der Waals surface area contributed by atoms with Crippen molar-refractivity contribution in [1.29, 1.82) is 0 Å². The van der Waals surface area contributed by atoms with Crippen LogP contribution in [0.25, 0.3) is 10.2 Å². The summed E-state index contributed by atoms with van der Waals surface area (Å²) >= 11 is 1.58. The molecule has 0 bridgehead atoms. The number of amides is 1. The Balaban J connectivity index is 2.02. The number of thiazole rings is 1. The molecule has 2 heterocycles. The number of aliphatic hydroxyl groups is 1. The largest absolute Gasteiger partial charge is 0.391 e. The normalized spacial score (nSPS) is 20.9. The second kappa shape index (κ2) is 3.54. The molecular weight excluding hydrogens is 224 g/mol. The van der Waals surface area contributed by atoms with E-state index in [2.05, 4.69) is 4.98 Å². The fourth-order valence-corrected chi connectivity index (χ4v) is 2.61.